The number of hydrogen-bond donors (Lipinski definition) is 1. The SMILES string of the molecule is C[C@@H](SCc1ccccc1)C(=O)Nc1cccc(C(=O)[O-])c1. The van der Waals surface area contributed by atoms with E-state index in [4.69, 9.17) is 0 Å². The molecule has 2 rings (SSSR count). The van der Waals surface area contributed by atoms with E-state index in [1.807, 2.05) is 37.3 Å². The van der Waals surface area contributed by atoms with Crippen LogP contribution in [0.3, 0.4) is 0 Å². The minimum atomic E-state index is -1.26. The van der Waals surface area contributed by atoms with Crippen LogP contribution in [0.4, 0.5) is 5.69 Å². The monoisotopic (exact) mass is 314 g/mol. The van der Waals surface area contributed by atoms with Crippen LogP contribution in [0.5, 0.6) is 0 Å². The molecular weight excluding hydrogens is 298 g/mol. The van der Waals surface area contributed by atoms with Crippen molar-refractivity contribution in [3.05, 3.63) is 65.7 Å². The molecule has 5 heteroatoms. The fraction of sp³-hybridized carbons (Fsp3) is 0.176. The zero-order valence-corrected chi connectivity index (χ0v) is 12.9. The van der Waals surface area contributed by atoms with Crippen LogP contribution in [0.25, 0.3) is 0 Å². The van der Waals surface area contributed by atoms with Gasteiger partial charge < -0.3 is 15.2 Å². The molecular formula is C17H16NO3S-. The summed E-state index contributed by atoms with van der Waals surface area (Å²) in [6.07, 6.45) is 0. The van der Waals surface area contributed by atoms with Crippen molar-refractivity contribution in [3.63, 3.8) is 0 Å². The van der Waals surface area contributed by atoms with E-state index < -0.39 is 5.97 Å². The fourth-order valence-electron chi connectivity index (χ4n) is 1.84. The number of carboxylic acids is 1. The van der Waals surface area contributed by atoms with Crippen LogP contribution in [0, 0.1) is 0 Å². The summed E-state index contributed by atoms with van der Waals surface area (Å²) in [6.45, 7) is 1.82. The number of carbonyl (C=O) groups is 2. The molecule has 0 spiro atoms. The van der Waals surface area contributed by atoms with E-state index in [-0.39, 0.29) is 16.7 Å². The second-order valence-corrected chi connectivity index (χ2v) is 6.13. The summed E-state index contributed by atoms with van der Waals surface area (Å²) in [5.74, 6) is -0.673. The lowest BCUT2D eigenvalue weighted by Gasteiger charge is -2.13. The molecule has 1 atom stereocenters. The normalized spacial score (nSPS) is 11.7. The van der Waals surface area contributed by atoms with E-state index in [0.29, 0.717) is 5.69 Å². The van der Waals surface area contributed by atoms with Crippen molar-refractivity contribution in [2.24, 2.45) is 0 Å². The third-order valence-electron chi connectivity index (χ3n) is 3.08. The van der Waals surface area contributed by atoms with E-state index in [1.165, 1.54) is 23.9 Å². The Morgan fingerprint density at radius 2 is 1.86 bits per heavy atom. The van der Waals surface area contributed by atoms with Gasteiger partial charge in [-0.3, -0.25) is 4.79 Å². The van der Waals surface area contributed by atoms with Crippen molar-refractivity contribution in [1.82, 2.24) is 0 Å². The predicted molar refractivity (Wildman–Crippen MR) is 86.6 cm³/mol. The third kappa shape index (κ3) is 4.63. The van der Waals surface area contributed by atoms with Gasteiger partial charge in [-0.05, 0) is 30.2 Å². The Kier molecular flexibility index (Phi) is 5.61. The molecule has 1 N–H and O–H groups in total. The van der Waals surface area contributed by atoms with Gasteiger partial charge in [0.1, 0.15) is 0 Å². The lowest BCUT2D eigenvalue weighted by Crippen LogP contribution is -2.24. The Morgan fingerprint density at radius 3 is 2.55 bits per heavy atom. The van der Waals surface area contributed by atoms with Crippen LogP contribution in [0.15, 0.2) is 54.6 Å². The molecule has 0 aliphatic heterocycles. The highest BCUT2D eigenvalue weighted by Crippen LogP contribution is 2.19. The average molecular weight is 314 g/mol. The zero-order chi connectivity index (χ0) is 15.9. The molecule has 0 radical (unpaired) electrons. The first-order chi connectivity index (χ1) is 10.6. The van der Waals surface area contributed by atoms with Crippen molar-refractivity contribution >= 4 is 29.3 Å². The molecule has 2 aromatic carbocycles. The maximum absolute atomic E-state index is 12.1. The largest absolute Gasteiger partial charge is 0.545 e. The van der Waals surface area contributed by atoms with E-state index in [1.54, 1.807) is 12.1 Å². The Labute approximate surface area is 133 Å². The van der Waals surface area contributed by atoms with Crippen molar-refractivity contribution in [3.8, 4) is 0 Å². The molecule has 0 fully saturated rings. The van der Waals surface area contributed by atoms with Gasteiger partial charge in [-0.1, -0.05) is 42.5 Å². The summed E-state index contributed by atoms with van der Waals surface area (Å²) >= 11 is 1.53. The van der Waals surface area contributed by atoms with Crippen molar-refractivity contribution in [1.29, 1.82) is 0 Å². The number of aromatic carboxylic acids is 1. The number of amides is 1. The van der Waals surface area contributed by atoms with Gasteiger partial charge in [-0.25, -0.2) is 0 Å². The molecule has 0 saturated heterocycles. The van der Waals surface area contributed by atoms with E-state index >= 15 is 0 Å². The van der Waals surface area contributed by atoms with Gasteiger partial charge in [0.05, 0.1) is 11.2 Å². The maximum atomic E-state index is 12.1. The van der Waals surface area contributed by atoms with E-state index in [0.717, 1.165) is 11.3 Å². The second kappa shape index (κ2) is 7.66. The number of nitrogens with one attached hydrogen (secondary N) is 1. The van der Waals surface area contributed by atoms with Gasteiger partial charge in [-0.15, -0.1) is 11.8 Å². The lowest BCUT2D eigenvalue weighted by molar-refractivity contribution is -0.255. The van der Waals surface area contributed by atoms with Gasteiger partial charge in [0.15, 0.2) is 0 Å². The number of carbonyl (C=O) groups excluding carboxylic acids is 2. The average Bonchev–Trinajstić information content (AvgIpc) is 2.53. The third-order valence-corrected chi connectivity index (χ3v) is 4.29. The fourth-order valence-corrected chi connectivity index (χ4v) is 2.68. The molecule has 0 aliphatic rings. The first-order valence-corrected chi connectivity index (χ1v) is 7.89. The topological polar surface area (TPSA) is 69.2 Å². The molecule has 0 aromatic heterocycles. The first kappa shape index (κ1) is 16.1. The van der Waals surface area contributed by atoms with Crippen molar-refractivity contribution in [2.75, 3.05) is 5.32 Å². The van der Waals surface area contributed by atoms with Gasteiger partial charge in [0.25, 0.3) is 0 Å². The number of carboxylic acid groups (broad SMARTS) is 1. The molecule has 0 saturated carbocycles. The molecule has 0 heterocycles. The molecule has 2 aromatic rings. The number of thioether (sulfide) groups is 1. The Hall–Kier alpha value is -2.27. The summed E-state index contributed by atoms with van der Waals surface area (Å²) < 4.78 is 0. The highest BCUT2D eigenvalue weighted by molar-refractivity contribution is 7.99. The van der Waals surface area contributed by atoms with Crippen LogP contribution in [-0.4, -0.2) is 17.1 Å². The second-order valence-electron chi connectivity index (χ2n) is 4.80. The summed E-state index contributed by atoms with van der Waals surface area (Å²) in [5, 5.41) is 13.3. The molecule has 4 nitrogen and oxygen atoms in total. The minimum Gasteiger partial charge on any atom is -0.545 e. The first-order valence-electron chi connectivity index (χ1n) is 6.84. The Morgan fingerprint density at radius 1 is 1.14 bits per heavy atom. The molecule has 0 unspecified atom stereocenters. The van der Waals surface area contributed by atoms with Crippen LogP contribution < -0.4 is 10.4 Å². The number of hydrogen-bond acceptors (Lipinski definition) is 4. The van der Waals surface area contributed by atoms with Crippen LogP contribution in [-0.2, 0) is 10.5 Å². The summed E-state index contributed by atoms with van der Waals surface area (Å²) in [7, 11) is 0. The summed E-state index contributed by atoms with van der Waals surface area (Å²) in [4.78, 5) is 22.9. The summed E-state index contributed by atoms with van der Waals surface area (Å²) in [5.41, 5.74) is 1.66. The maximum Gasteiger partial charge on any atom is 0.237 e. The Balaban J connectivity index is 1.91. The highest BCUT2D eigenvalue weighted by atomic mass is 32.2. The van der Waals surface area contributed by atoms with E-state index in [2.05, 4.69) is 5.32 Å². The van der Waals surface area contributed by atoms with Crippen LogP contribution in [0.2, 0.25) is 0 Å². The van der Waals surface area contributed by atoms with Gasteiger partial charge in [0, 0.05) is 11.4 Å². The van der Waals surface area contributed by atoms with Gasteiger partial charge in [-0.2, -0.15) is 0 Å². The van der Waals surface area contributed by atoms with E-state index in [9.17, 15) is 14.7 Å². The van der Waals surface area contributed by atoms with Crippen LogP contribution >= 0.6 is 11.8 Å². The smallest absolute Gasteiger partial charge is 0.237 e. The molecule has 1 amide bonds. The zero-order valence-electron chi connectivity index (χ0n) is 12.1. The van der Waals surface area contributed by atoms with Gasteiger partial charge >= 0.3 is 0 Å². The summed E-state index contributed by atoms with van der Waals surface area (Å²) in [6, 6.07) is 16.0. The standard InChI is InChI=1S/C17H17NO3S/c1-12(22-11-13-6-3-2-4-7-13)16(19)18-15-9-5-8-14(10-15)17(20)21/h2-10,12H,11H2,1H3,(H,18,19)(H,20,21)/p-1/t12-/m1/s1. The highest BCUT2D eigenvalue weighted by Gasteiger charge is 2.13. The van der Waals surface area contributed by atoms with Gasteiger partial charge in [0.2, 0.25) is 5.91 Å². The molecule has 0 aliphatic carbocycles. The van der Waals surface area contributed by atoms with Crippen molar-refractivity contribution in [2.45, 2.75) is 17.9 Å². The van der Waals surface area contributed by atoms with Crippen molar-refractivity contribution < 1.29 is 14.7 Å². The minimum absolute atomic E-state index is 0.0439. The number of anilines is 1. The quantitative estimate of drug-likeness (QED) is 0.888. The van der Waals surface area contributed by atoms with Crippen LogP contribution in [0.1, 0.15) is 22.8 Å². The Bertz CT molecular complexity index is 658. The molecule has 22 heavy (non-hydrogen) atoms. The lowest BCUT2D eigenvalue weighted by atomic mass is 10.2. The predicted octanol–water partition coefficient (Wildman–Crippen LogP) is 2.31. The molecule has 114 valence electrons. The number of rotatable bonds is 6. The number of benzene rings is 2. The molecule has 0 bridgehead atoms.